The van der Waals surface area contributed by atoms with Gasteiger partial charge in [0.05, 0.1) is 12.7 Å². The predicted octanol–water partition coefficient (Wildman–Crippen LogP) is -0.139. The number of ether oxygens (including phenoxy) is 2. The van der Waals surface area contributed by atoms with Gasteiger partial charge in [0.15, 0.2) is 0 Å². The van der Waals surface area contributed by atoms with Crippen LogP contribution in [0.25, 0.3) is 0 Å². The van der Waals surface area contributed by atoms with Gasteiger partial charge in [-0.15, -0.1) is 6.42 Å². The Balaban J connectivity index is 0.00000121. The molecular weight excluding hydrogens is 380 g/mol. The Morgan fingerprint density at radius 2 is 2.50 bits per heavy atom. The first kappa shape index (κ1) is 12.7. The van der Waals surface area contributed by atoms with Crippen molar-refractivity contribution in [3.05, 3.63) is 6.61 Å². The van der Waals surface area contributed by atoms with Gasteiger partial charge in [0.2, 0.25) is 0 Å². The molecule has 1 saturated heterocycles. The van der Waals surface area contributed by atoms with Crippen LogP contribution in [0.4, 0.5) is 0 Å². The zero-order valence-electron chi connectivity index (χ0n) is 6.82. The molecule has 0 aromatic heterocycles. The molecule has 0 saturated carbocycles. The molecule has 4 nitrogen and oxygen atoms in total. The molecule has 1 aliphatic rings. The van der Waals surface area contributed by atoms with Crippen molar-refractivity contribution < 1.29 is 59.3 Å². The summed E-state index contributed by atoms with van der Waals surface area (Å²) in [6, 6.07) is 0. The van der Waals surface area contributed by atoms with Crippen molar-refractivity contribution in [2.75, 3.05) is 6.61 Å². The molecule has 0 amide bonds. The van der Waals surface area contributed by atoms with Crippen LogP contribution < -0.4 is 0 Å². The second-order valence-electron chi connectivity index (χ2n) is 2.41. The van der Waals surface area contributed by atoms with E-state index >= 15 is 0 Å². The molecule has 0 radical (unpaired) electrons. The summed E-state index contributed by atoms with van der Waals surface area (Å²) < 4.78 is 9.82. The van der Waals surface area contributed by atoms with Gasteiger partial charge in [0.1, 0.15) is 6.10 Å². The van der Waals surface area contributed by atoms with Gasteiger partial charge in [-0.05, 0) is 0 Å². The molecule has 2 atom stereocenters. The van der Waals surface area contributed by atoms with Crippen molar-refractivity contribution in [3.63, 3.8) is 0 Å². The van der Waals surface area contributed by atoms with Crippen LogP contribution in [0.15, 0.2) is 0 Å². The number of hydrogen-bond donors (Lipinski definition) is 1. The summed E-state index contributed by atoms with van der Waals surface area (Å²) >= 11 is 0. The SMILES string of the molecule is CC(=O)OC1C[CH-]O[C@@H]1CO.[Th]. The Bertz CT molecular complexity index is 150. The molecule has 1 aliphatic heterocycles. The maximum Gasteiger partial charge on any atom is 0.302 e. The predicted molar refractivity (Wildman–Crippen MR) is 36.4 cm³/mol. The fourth-order valence-corrected chi connectivity index (χ4v) is 1.01. The van der Waals surface area contributed by atoms with Crippen LogP contribution in [0.5, 0.6) is 0 Å². The minimum absolute atomic E-state index is 0. The van der Waals surface area contributed by atoms with E-state index in [1.165, 1.54) is 6.92 Å². The molecule has 68 valence electrons. The molecule has 1 heterocycles. The molecule has 12 heavy (non-hydrogen) atoms. The maximum absolute atomic E-state index is 10.5. The van der Waals surface area contributed by atoms with Crippen molar-refractivity contribution in [2.45, 2.75) is 25.6 Å². The average Bonchev–Trinajstić information content (AvgIpc) is 2.34. The smallest absolute Gasteiger partial charge is 0.302 e. The third-order valence-electron chi connectivity index (χ3n) is 1.51. The Kier molecular flexibility index (Phi) is 6.58. The van der Waals surface area contributed by atoms with E-state index in [1.54, 1.807) is 6.61 Å². The van der Waals surface area contributed by atoms with Crippen molar-refractivity contribution >= 4 is 5.97 Å². The van der Waals surface area contributed by atoms with E-state index in [9.17, 15) is 4.79 Å². The third kappa shape index (κ3) is 3.62. The Morgan fingerprint density at radius 1 is 1.83 bits per heavy atom. The van der Waals surface area contributed by atoms with Crippen LogP contribution in [-0.4, -0.2) is 29.9 Å². The summed E-state index contributed by atoms with van der Waals surface area (Å²) in [5, 5.41) is 8.71. The van der Waals surface area contributed by atoms with Crippen LogP contribution in [0, 0.1) is 46.5 Å². The molecule has 1 rings (SSSR count). The van der Waals surface area contributed by atoms with E-state index in [-0.39, 0.29) is 64.7 Å². The molecular formula is C7H11O4Th-. The van der Waals surface area contributed by atoms with Gasteiger partial charge in [-0.3, -0.25) is 4.79 Å². The van der Waals surface area contributed by atoms with Crippen LogP contribution in [0.3, 0.4) is 0 Å². The van der Waals surface area contributed by atoms with Gasteiger partial charge >= 0.3 is 5.97 Å². The normalized spacial score (nSPS) is 27.8. The standard InChI is InChI=1S/C7H11O4.Th/c1-5(9)11-6-2-3-10-7(6)4-8;/h3,6-8H,2,4H2,1H3;/q-1;/t6?,7-;/m1./s1. The van der Waals surface area contributed by atoms with Gasteiger partial charge in [-0.25, -0.2) is 6.61 Å². The van der Waals surface area contributed by atoms with E-state index in [4.69, 9.17) is 14.6 Å². The first-order valence-electron chi connectivity index (χ1n) is 3.49. The number of aliphatic hydroxyl groups is 1. The van der Waals surface area contributed by atoms with Crippen LogP contribution >= 0.6 is 0 Å². The number of carbonyl (C=O) groups is 1. The number of carbonyl (C=O) groups excluding carboxylic acids is 1. The molecule has 1 N–H and O–H groups in total. The molecule has 5 heteroatoms. The van der Waals surface area contributed by atoms with E-state index in [0.29, 0.717) is 6.42 Å². The van der Waals surface area contributed by atoms with Gasteiger partial charge in [-0.2, -0.15) is 0 Å². The molecule has 1 unspecified atom stereocenters. The quantitative estimate of drug-likeness (QED) is 0.526. The molecule has 1 fully saturated rings. The zero-order chi connectivity index (χ0) is 8.27. The summed E-state index contributed by atoms with van der Waals surface area (Å²) in [4.78, 5) is 10.5. The molecule has 0 spiro atoms. The van der Waals surface area contributed by atoms with Gasteiger partial charge in [0.25, 0.3) is 0 Å². The topological polar surface area (TPSA) is 55.8 Å². The van der Waals surface area contributed by atoms with E-state index in [2.05, 4.69) is 0 Å². The zero-order valence-corrected chi connectivity index (χ0v) is 10.9. The average molecular weight is 391 g/mol. The van der Waals surface area contributed by atoms with Gasteiger partial charge in [0, 0.05) is 46.9 Å². The van der Waals surface area contributed by atoms with E-state index < -0.39 is 0 Å². The minimum atomic E-state index is -0.376. The number of hydrogen-bond acceptors (Lipinski definition) is 4. The number of rotatable bonds is 2. The summed E-state index contributed by atoms with van der Waals surface area (Å²) in [5.74, 6) is -0.340. The van der Waals surface area contributed by atoms with Crippen molar-refractivity contribution in [3.8, 4) is 0 Å². The molecule has 0 aromatic carbocycles. The molecule has 0 bridgehead atoms. The van der Waals surface area contributed by atoms with Crippen molar-refractivity contribution in [1.82, 2.24) is 0 Å². The molecule has 0 aromatic rings. The first-order valence-corrected chi connectivity index (χ1v) is 3.49. The summed E-state index contributed by atoms with van der Waals surface area (Å²) in [6.07, 6.45) is -0.124. The van der Waals surface area contributed by atoms with Crippen molar-refractivity contribution in [1.29, 1.82) is 0 Å². The molecule has 0 aliphatic carbocycles. The summed E-state index contributed by atoms with van der Waals surface area (Å²) in [5.41, 5.74) is 0. The second kappa shape index (κ2) is 6.21. The van der Waals surface area contributed by atoms with Gasteiger partial charge in [-0.1, -0.05) is 0 Å². The Labute approximate surface area is 103 Å². The maximum atomic E-state index is 10.5. The minimum Gasteiger partial charge on any atom is -0.545 e. The number of esters is 1. The van der Waals surface area contributed by atoms with E-state index in [1.807, 2.05) is 0 Å². The summed E-state index contributed by atoms with van der Waals surface area (Å²) in [6.45, 7) is 2.77. The van der Waals surface area contributed by atoms with Gasteiger partial charge < -0.3 is 14.6 Å². The summed E-state index contributed by atoms with van der Waals surface area (Å²) in [7, 11) is 0. The first-order chi connectivity index (χ1) is 5.24. The number of aliphatic hydroxyl groups excluding tert-OH is 1. The fourth-order valence-electron chi connectivity index (χ4n) is 1.01. The van der Waals surface area contributed by atoms with Crippen LogP contribution in [0.2, 0.25) is 0 Å². The fraction of sp³-hybridized carbons (Fsp3) is 0.714. The second-order valence-corrected chi connectivity index (χ2v) is 2.41. The Morgan fingerprint density at radius 3 is 3.00 bits per heavy atom. The van der Waals surface area contributed by atoms with E-state index in [0.717, 1.165) is 0 Å². The third-order valence-corrected chi connectivity index (χ3v) is 1.51. The van der Waals surface area contributed by atoms with Crippen LogP contribution in [0.1, 0.15) is 13.3 Å². The Hall–Kier alpha value is 0.715. The monoisotopic (exact) mass is 391 g/mol. The van der Waals surface area contributed by atoms with Crippen LogP contribution in [-0.2, 0) is 14.3 Å². The van der Waals surface area contributed by atoms with Crippen molar-refractivity contribution in [2.24, 2.45) is 0 Å². The largest absolute Gasteiger partial charge is 0.545 e.